The molecule has 2 fully saturated rings. The molecule has 0 amide bonds. The minimum absolute atomic E-state index is 0.548. The zero-order valence-corrected chi connectivity index (χ0v) is 9.29. The first-order valence-corrected chi connectivity index (χ1v) is 5.73. The minimum Gasteiger partial charge on any atom is -0.389 e. The molecule has 2 unspecified atom stereocenters. The quantitative estimate of drug-likeness (QED) is 0.676. The van der Waals surface area contributed by atoms with E-state index >= 15 is 0 Å². The van der Waals surface area contributed by atoms with Crippen molar-refractivity contribution in [2.75, 3.05) is 26.2 Å². The Hall–Kier alpha value is -0.120. The van der Waals surface area contributed by atoms with Crippen molar-refractivity contribution in [3.05, 3.63) is 0 Å². The van der Waals surface area contributed by atoms with Gasteiger partial charge in [-0.1, -0.05) is 0 Å². The van der Waals surface area contributed by atoms with E-state index in [9.17, 15) is 5.11 Å². The normalized spacial score (nSPS) is 34.5. The molecular formula is C11H22N2O. The molecule has 2 N–H and O–H groups in total. The summed E-state index contributed by atoms with van der Waals surface area (Å²) in [5.74, 6) is 0.825. The molecule has 2 aliphatic heterocycles. The Bertz CT molecular complexity index is 186. The lowest BCUT2D eigenvalue weighted by Crippen LogP contribution is -2.41. The molecule has 0 aromatic heterocycles. The highest BCUT2D eigenvalue weighted by Crippen LogP contribution is 2.25. The average molecular weight is 198 g/mol. The molecule has 3 heteroatoms. The largest absolute Gasteiger partial charge is 0.389 e. The van der Waals surface area contributed by atoms with Crippen LogP contribution in [0.15, 0.2) is 0 Å². The molecule has 2 saturated heterocycles. The summed E-state index contributed by atoms with van der Waals surface area (Å²) in [5, 5.41) is 13.3. The molecular weight excluding hydrogens is 176 g/mol. The Balaban J connectivity index is 1.87. The van der Waals surface area contributed by atoms with Gasteiger partial charge >= 0.3 is 0 Å². The monoisotopic (exact) mass is 198 g/mol. The second-order valence-electron chi connectivity index (χ2n) is 5.47. The highest BCUT2D eigenvalue weighted by atomic mass is 16.3. The summed E-state index contributed by atoms with van der Waals surface area (Å²) in [4.78, 5) is 2.40. The van der Waals surface area contributed by atoms with Crippen LogP contribution < -0.4 is 5.32 Å². The molecule has 0 aromatic rings. The van der Waals surface area contributed by atoms with Crippen LogP contribution in [0.5, 0.6) is 0 Å². The minimum atomic E-state index is -0.548. The standard InChI is InChI=1S/C11H22N2O/c1-11(2,14)8-13-6-9-4-3-5-12-10(9)7-13/h9-10,12,14H,3-8H2,1-2H3. The van der Waals surface area contributed by atoms with E-state index in [0.29, 0.717) is 6.04 Å². The van der Waals surface area contributed by atoms with Crippen molar-refractivity contribution in [1.29, 1.82) is 0 Å². The van der Waals surface area contributed by atoms with Crippen LogP contribution in [0.25, 0.3) is 0 Å². The maximum absolute atomic E-state index is 9.75. The van der Waals surface area contributed by atoms with Gasteiger partial charge in [-0.25, -0.2) is 0 Å². The van der Waals surface area contributed by atoms with Gasteiger partial charge in [0.15, 0.2) is 0 Å². The molecule has 0 saturated carbocycles. The summed E-state index contributed by atoms with van der Waals surface area (Å²) in [6.07, 6.45) is 2.68. The fourth-order valence-corrected chi connectivity index (χ4v) is 2.81. The van der Waals surface area contributed by atoms with Crippen molar-refractivity contribution >= 4 is 0 Å². The lowest BCUT2D eigenvalue weighted by Gasteiger charge is -2.25. The van der Waals surface area contributed by atoms with Crippen molar-refractivity contribution in [1.82, 2.24) is 10.2 Å². The average Bonchev–Trinajstić information content (AvgIpc) is 2.42. The maximum Gasteiger partial charge on any atom is 0.0718 e. The van der Waals surface area contributed by atoms with Crippen molar-refractivity contribution < 1.29 is 5.11 Å². The van der Waals surface area contributed by atoms with Crippen LogP contribution in [0.3, 0.4) is 0 Å². The number of hydrogen-bond acceptors (Lipinski definition) is 3. The molecule has 2 aliphatic rings. The van der Waals surface area contributed by atoms with Crippen molar-refractivity contribution in [2.45, 2.75) is 38.3 Å². The van der Waals surface area contributed by atoms with E-state index < -0.39 is 5.60 Å². The molecule has 0 bridgehead atoms. The molecule has 82 valence electrons. The fraction of sp³-hybridized carbons (Fsp3) is 1.00. The molecule has 14 heavy (non-hydrogen) atoms. The predicted octanol–water partition coefficient (Wildman–Crippen LogP) is 0.441. The predicted molar refractivity (Wildman–Crippen MR) is 57.3 cm³/mol. The molecule has 0 aromatic carbocycles. The third-order valence-electron chi connectivity index (χ3n) is 3.29. The summed E-state index contributed by atoms with van der Waals surface area (Å²) in [7, 11) is 0. The van der Waals surface area contributed by atoms with Gasteiger partial charge in [-0.05, 0) is 39.2 Å². The van der Waals surface area contributed by atoms with Gasteiger partial charge in [-0.2, -0.15) is 0 Å². The van der Waals surface area contributed by atoms with E-state index in [2.05, 4.69) is 10.2 Å². The van der Waals surface area contributed by atoms with Gasteiger partial charge in [0.05, 0.1) is 5.60 Å². The third kappa shape index (κ3) is 2.47. The number of piperidine rings is 1. The third-order valence-corrected chi connectivity index (χ3v) is 3.29. The van der Waals surface area contributed by atoms with Crippen LogP contribution >= 0.6 is 0 Å². The zero-order chi connectivity index (χ0) is 10.2. The maximum atomic E-state index is 9.75. The second-order valence-corrected chi connectivity index (χ2v) is 5.47. The Morgan fingerprint density at radius 2 is 2.21 bits per heavy atom. The van der Waals surface area contributed by atoms with Gasteiger partial charge in [0, 0.05) is 25.7 Å². The fourth-order valence-electron chi connectivity index (χ4n) is 2.81. The van der Waals surface area contributed by atoms with Crippen molar-refractivity contribution in [2.24, 2.45) is 5.92 Å². The Morgan fingerprint density at radius 3 is 2.86 bits per heavy atom. The Labute approximate surface area is 86.5 Å². The van der Waals surface area contributed by atoms with Crippen LogP contribution in [0.2, 0.25) is 0 Å². The van der Waals surface area contributed by atoms with Gasteiger partial charge in [-0.3, -0.25) is 4.90 Å². The van der Waals surface area contributed by atoms with Crippen molar-refractivity contribution in [3.63, 3.8) is 0 Å². The second kappa shape index (κ2) is 3.80. The molecule has 0 radical (unpaired) electrons. The number of aliphatic hydroxyl groups is 1. The van der Waals surface area contributed by atoms with E-state index in [0.717, 1.165) is 19.0 Å². The number of nitrogens with zero attached hydrogens (tertiary/aromatic N) is 1. The summed E-state index contributed by atoms with van der Waals surface area (Å²) in [6.45, 7) is 8.06. The molecule has 2 rings (SSSR count). The zero-order valence-electron chi connectivity index (χ0n) is 9.29. The smallest absolute Gasteiger partial charge is 0.0718 e. The van der Waals surface area contributed by atoms with Crippen LogP contribution in [-0.2, 0) is 0 Å². The van der Waals surface area contributed by atoms with Crippen molar-refractivity contribution in [3.8, 4) is 0 Å². The lowest BCUT2D eigenvalue weighted by atomic mass is 9.94. The van der Waals surface area contributed by atoms with Gasteiger partial charge in [-0.15, -0.1) is 0 Å². The molecule has 0 aliphatic carbocycles. The van der Waals surface area contributed by atoms with E-state index in [-0.39, 0.29) is 0 Å². The summed E-state index contributed by atoms with van der Waals surface area (Å²) in [6, 6.07) is 0.686. The first-order chi connectivity index (χ1) is 6.54. The molecule has 2 heterocycles. The van der Waals surface area contributed by atoms with E-state index in [1.54, 1.807) is 0 Å². The highest BCUT2D eigenvalue weighted by Gasteiger charge is 2.35. The number of fused-ring (bicyclic) bond motifs is 1. The van der Waals surface area contributed by atoms with Gasteiger partial charge < -0.3 is 10.4 Å². The van der Waals surface area contributed by atoms with Crippen LogP contribution in [0.1, 0.15) is 26.7 Å². The Kier molecular flexibility index (Phi) is 2.82. The van der Waals surface area contributed by atoms with E-state index in [1.807, 2.05) is 13.8 Å². The molecule has 0 spiro atoms. The summed E-state index contributed by atoms with van der Waals surface area (Å²) < 4.78 is 0. The van der Waals surface area contributed by atoms with Crippen LogP contribution in [-0.4, -0.2) is 47.8 Å². The number of likely N-dealkylation sites (tertiary alicyclic amines) is 1. The number of rotatable bonds is 2. The van der Waals surface area contributed by atoms with Crippen LogP contribution in [0.4, 0.5) is 0 Å². The summed E-state index contributed by atoms with van der Waals surface area (Å²) in [5.41, 5.74) is -0.548. The van der Waals surface area contributed by atoms with Gasteiger partial charge in [0.25, 0.3) is 0 Å². The molecule has 2 atom stereocenters. The number of β-amino-alcohol motifs (C(OH)–C–C–N with tert-alkyl or cyclic N) is 1. The van der Waals surface area contributed by atoms with Crippen LogP contribution in [0, 0.1) is 5.92 Å². The SMILES string of the molecule is CC(C)(O)CN1CC2CCCNC2C1. The Morgan fingerprint density at radius 1 is 1.43 bits per heavy atom. The summed E-state index contributed by atoms with van der Waals surface area (Å²) >= 11 is 0. The van der Waals surface area contributed by atoms with E-state index in [4.69, 9.17) is 0 Å². The number of nitrogens with one attached hydrogen (secondary N) is 1. The first-order valence-electron chi connectivity index (χ1n) is 5.73. The topological polar surface area (TPSA) is 35.5 Å². The highest BCUT2D eigenvalue weighted by molar-refractivity contribution is 4.93. The van der Waals surface area contributed by atoms with Gasteiger partial charge in [0.2, 0.25) is 0 Å². The molecule has 3 nitrogen and oxygen atoms in total. The lowest BCUT2D eigenvalue weighted by molar-refractivity contribution is 0.0425. The van der Waals surface area contributed by atoms with E-state index in [1.165, 1.54) is 25.9 Å². The first kappa shape index (κ1) is 10.4. The number of hydrogen-bond donors (Lipinski definition) is 2. The van der Waals surface area contributed by atoms with Gasteiger partial charge in [0.1, 0.15) is 0 Å².